The highest BCUT2D eigenvalue weighted by molar-refractivity contribution is 7.99. The van der Waals surface area contributed by atoms with E-state index in [4.69, 9.17) is 0 Å². The average molecular weight is 351 g/mol. The van der Waals surface area contributed by atoms with Crippen molar-refractivity contribution in [3.05, 3.63) is 54.9 Å². The van der Waals surface area contributed by atoms with Gasteiger partial charge in [0, 0.05) is 29.8 Å². The maximum absolute atomic E-state index is 12.3. The third-order valence-corrected chi connectivity index (χ3v) is 5.08. The van der Waals surface area contributed by atoms with Crippen LogP contribution < -0.4 is 10.2 Å². The van der Waals surface area contributed by atoms with Gasteiger partial charge < -0.3 is 4.90 Å². The Balaban J connectivity index is 1.53. The lowest BCUT2D eigenvalue weighted by atomic mass is 10.2. The standard InChI is InChI=1S/C18H17N5OS/c1-22-12-19-18(21-22)20-17(24)10-11-23-13-6-2-4-8-15(13)25-16-9-5-3-7-14(16)23/h2-9,12H,10-11H2,1H3,(H,20,21,24). The molecule has 0 saturated heterocycles. The van der Waals surface area contributed by atoms with E-state index in [-0.39, 0.29) is 5.91 Å². The molecule has 1 aliphatic rings. The Kier molecular flexibility index (Phi) is 4.15. The van der Waals surface area contributed by atoms with Gasteiger partial charge >= 0.3 is 0 Å². The van der Waals surface area contributed by atoms with Crippen LogP contribution in [0.15, 0.2) is 64.6 Å². The molecule has 3 aromatic rings. The zero-order valence-corrected chi connectivity index (χ0v) is 14.5. The number of rotatable bonds is 4. The lowest BCUT2D eigenvalue weighted by molar-refractivity contribution is -0.116. The number of hydrogen-bond acceptors (Lipinski definition) is 5. The van der Waals surface area contributed by atoms with E-state index < -0.39 is 0 Å². The number of nitrogens with one attached hydrogen (secondary N) is 1. The highest BCUT2D eigenvalue weighted by Crippen LogP contribution is 2.47. The number of nitrogens with zero attached hydrogens (tertiary/aromatic N) is 4. The van der Waals surface area contributed by atoms with E-state index in [9.17, 15) is 4.79 Å². The van der Waals surface area contributed by atoms with Crippen molar-refractivity contribution in [3.63, 3.8) is 0 Å². The fourth-order valence-electron chi connectivity index (χ4n) is 2.82. The molecule has 0 unspecified atom stereocenters. The van der Waals surface area contributed by atoms with Crippen molar-refractivity contribution in [2.45, 2.75) is 16.2 Å². The first-order chi connectivity index (χ1) is 12.2. The topological polar surface area (TPSA) is 63.1 Å². The highest BCUT2D eigenvalue weighted by atomic mass is 32.2. The molecule has 1 aromatic heterocycles. The maximum Gasteiger partial charge on any atom is 0.248 e. The molecule has 0 fully saturated rings. The normalized spacial score (nSPS) is 12.4. The number of aryl methyl sites for hydroxylation is 1. The molecule has 2 heterocycles. The van der Waals surface area contributed by atoms with Crippen molar-refractivity contribution in [1.82, 2.24) is 14.8 Å². The molecule has 126 valence electrons. The summed E-state index contributed by atoms with van der Waals surface area (Å²) in [6.07, 6.45) is 1.91. The lowest BCUT2D eigenvalue weighted by Crippen LogP contribution is -2.26. The van der Waals surface area contributed by atoms with E-state index in [1.165, 1.54) is 9.79 Å². The molecule has 0 atom stereocenters. The molecule has 2 aromatic carbocycles. The van der Waals surface area contributed by atoms with E-state index >= 15 is 0 Å². The van der Waals surface area contributed by atoms with Gasteiger partial charge in [-0.2, -0.15) is 0 Å². The predicted octanol–water partition coefficient (Wildman–Crippen LogP) is 3.45. The summed E-state index contributed by atoms with van der Waals surface area (Å²) in [5, 5.41) is 6.81. The molecular weight excluding hydrogens is 334 g/mol. The first kappa shape index (κ1) is 15.7. The van der Waals surface area contributed by atoms with Gasteiger partial charge in [-0.05, 0) is 24.3 Å². The Morgan fingerprint density at radius 2 is 1.72 bits per heavy atom. The van der Waals surface area contributed by atoms with Gasteiger partial charge in [-0.1, -0.05) is 36.0 Å². The number of para-hydroxylation sites is 2. The fourth-order valence-corrected chi connectivity index (χ4v) is 3.91. The van der Waals surface area contributed by atoms with Gasteiger partial charge in [-0.15, -0.1) is 5.10 Å². The minimum Gasteiger partial charge on any atom is -0.339 e. The molecule has 1 N–H and O–H groups in total. The molecular formula is C18H17N5OS. The third-order valence-electron chi connectivity index (χ3n) is 3.95. The molecule has 1 amide bonds. The van der Waals surface area contributed by atoms with Crippen LogP contribution in [0.2, 0.25) is 0 Å². The molecule has 25 heavy (non-hydrogen) atoms. The van der Waals surface area contributed by atoms with Gasteiger partial charge in [0.25, 0.3) is 0 Å². The Hall–Kier alpha value is -2.80. The average Bonchev–Trinajstić information content (AvgIpc) is 3.03. The molecule has 1 aliphatic heterocycles. The number of anilines is 3. The van der Waals surface area contributed by atoms with Gasteiger partial charge in [-0.3, -0.25) is 14.8 Å². The quantitative estimate of drug-likeness (QED) is 0.780. The van der Waals surface area contributed by atoms with Crippen LogP contribution in [0.4, 0.5) is 17.3 Å². The fraction of sp³-hybridized carbons (Fsp3) is 0.167. The van der Waals surface area contributed by atoms with E-state index in [2.05, 4.69) is 44.6 Å². The van der Waals surface area contributed by atoms with Crippen molar-refractivity contribution in [3.8, 4) is 0 Å². The predicted molar refractivity (Wildman–Crippen MR) is 98.3 cm³/mol. The number of fused-ring (bicyclic) bond motifs is 2. The molecule has 0 spiro atoms. The van der Waals surface area contributed by atoms with Crippen molar-refractivity contribution in [2.75, 3.05) is 16.8 Å². The van der Waals surface area contributed by atoms with Crippen LogP contribution in [0.25, 0.3) is 0 Å². The van der Waals surface area contributed by atoms with E-state index in [0.29, 0.717) is 18.9 Å². The minimum absolute atomic E-state index is 0.0978. The monoisotopic (exact) mass is 351 g/mol. The number of carbonyl (C=O) groups excluding carboxylic acids is 1. The first-order valence-electron chi connectivity index (χ1n) is 7.99. The summed E-state index contributed by atoms with van der Waals surface area (Å²) in [5.74, 6) is 0.238. The SMILES string of the molecule is Cn1cnc(NC(=O)CCN2c3ccccc3Sc3ccccc32)n1. The molecule has 0 radical (unpaired) electrons. The highest BCUT2D eigenvalue weighted by Gasteiger charge is 2.23. The molecule has 4 rings (SSSR count). The van der Waals surface area contributed by atoms with Crippen LogP contribution in [-0.4, -0.2) is 27.2 Å². The first-order valence-corrected chi connectivity index (χ1v) is 8.81. The molecule has 6 nitrogen and oxygen atoms in total. The van der Waals surface area contributed by atoms with Crippen LogP contribution >= 0.6 is 11.8 Å². The third kappa shape index (κ3) is 3.23. The zero-order chi connectivity index (χ0) is 17.2. The summed E-state index contributed by atoms with van der Waals surface area (Å²) in [7, 11) is 1.77. The Labute approximate surface area is 149 Å². The smallest absolute Gasteiger partial charge is 0.248 e. The van der Waals surface area contributed by atoms with Crippen LogP contribution in [0.3, 0.4) is 0 Å². The van der Waals surface area contributed by atoms with Crippen molar-refractivity contribution >= 4 is 35.0 Å². The van der Waals surface area contributed by atoms with Gasteiger partial charge in [0.15, 0.2) is 0 Å². The maximum atomic E-state index is 12.3. The molecule has 0 saturated carbocycles. The number of amides is 1. The zero-order valence-electron chi connectivity index (χ0n) is 13.7. The summed E-state index contributed by atoms with van der Waals surface area (Å²) >= 11 is 1.76. The number of benzene rings is 2. The van der Waals surface area contributed by atoms with Gasteiger partial charge in [0.1, 0.15) is 6.33 Å². The van der Waals surface area contributed by atoms with Gasteiger partial charge in [0.2, 0.25) is 11.9 Å². The molecule has 0 bridgehead atoms. The van der Waals surface area contributed by atoms with Crippen LogP contribution in [0.1, 0.15) is 6.42 Å². The summed E-state index contributed by atoms with van der Waals surface area (Å²) in [5.41, 5.74) is 2.27. The second-order valence-electron chi connectivity index (χ2n) is 5.73. The number of hydrogen-bond donors (Lipinski definition) is 1. The Morgan fingerprint density at radius 3 is 2.32 bits per heavy atom. The Morgan fingerprint density at radius 1 is 1.08 bits per heavy atom. The molecule has 0 aliphatic carbocycles. The second kappa shape index (κ2) is 6.60. The van der Waals surface area contributed by atoms with E-state index in [0.717, 1.165) is 11.4 Å². The minimum atomic E-state index is -0.0978. The summed E-state index contributed by atoms with van der Waals surface area (Å²) < 4.78 is 1.56. The van der Waals surface area contributed by atoms with Gasteiger partial charge in [0.05, 0.1) is 11.4 Å². The van der Waals surface area contributed by atoms with Gasteiger partial charge in [-0.25, -0.2) is 4.98 Å². The summed E-state index contributed by atoms with van der Waals surface area (Å²) in [6, 6.07) is 16.5. The summed E-state index contributed by atoms with van der Waals surface area (Å²) in [4.78, 5) is 20.9. The second-order valence-corrected chi connectivity index (χ2v) is 6.81. The van der Waals surface area contributed by atoms with Crippen molar-refractivity contribution in [1.29, 1.82) is 0 Å². The van der Waals surface area contributed by atoms with Crippen LogP contribution in [0, 0.1) is 0 Å². The van der Waals surface area contributed by atoms with Crippen LogP contribution in [-0.2, 0) is 11.8 Å². The van der Waals surface area contributed by atoms with E-state index in [1.807, 2.05) is 24.3 Å². The van der Waals surface area contributed by atoms with E-state index in [1.54, 1.807) is 29.8 Å². The largest absolute Gasteiger partial charge is 0.339 e. The molecule has 7 heteroatoms. The number of aromatic nitrogens is 3. The Bertz CT molecular complexity index is 878. The van der Waals surface area contributed by atoms with Crippen molar-refractivity contribution < 1.29 is 4.79 Å². The summed E-state index contributed by atoms with van der Waals surface area (Å²) in [6.45, 7) is 0.591. The lowest BCUT2D eigenvalue weighted by Gasteiger charge is -2.32. The van der Waals surface area contributed by atoms with Crippen molar-refractivity contribution in [2.24, 2.45) is 7.05 Å². The van der Waals surface area contributed by atoms with Crippen LogP contribution in [0.5, 0.6) is 0 Å². The number of carbonyl (C=O) groups is 1.